The number of hydrogen-bond donors (Lipinski definition) is 1. The number of aliphatic hydroxyl groups excluding tert-OH is 1. The van der Waals surface area contributed by atoms with Gasteiger partial charge in [0.25, 0.3) is 0 Å². The molecule has 0 aliphatic heterocycles. The summed E-state index contributed by atoms with van der Waals surface area (Å²) in [5, 5.41) is 9.22. The zero-order chi connectivity index (χ0) is 11.5. The second kappa shape index (κ2) is 4.60. The number of pyridine rings is 1. The summed E-state index contributed by atoms with van der Waals surface area (Å²) in [5.74, 6) is -0.494. The Morgan fingerprint density at radius 1 is 1.25 bits per heavy atom. The second-order valence-corrected chi connectivity index (χ2v) is 3.70. The summed E-state index contributed by atoms with van der Waals surface area (Å²) in [6.45, 7) is -0.163. The molecule has 0 aliphatic rings. The topological polar surface area (TPSA) is 33.1 Å². The molecule has 2 rings (SSSR count). The van der Waals surface area contributed by atoms with E-state index in [1.807, 2.05) is 0 Å². The van der Waals surface area contributed by atoms with Gasteiger partial charge in [-0.1, -0.05) is 23.7 Å². The first-order valence-corrected chi connectivity index (χ1v) is 5.10. The van der Waals surface area contributed by atoms with Crippen LogP contribution in [0.1, 0.15) is 5.56 Å². The maximum Gasteiger partial charge on any atom is 0.149 e. The highest BCUT2D eigenvalue weighted by Gasteiger charge is 2.11. The Morgan fingerprint density at radius 3 is 2.81 bits per heavy atom. The van der Waals surface area contributed by atoms with Gasteiger partial charge in [0.2, 0.25) is 0 Å². The first-order chi connectivity index (χ1) is 7.74. The average Bonchev–Trinajstić information content (AvgIpc) is 2.33. The highest BCUT2D eigenvalue weighted by atomic mass is 35.5. The van der Waals surface area contributed by atoms with Gasteiger partial charge in [0.15, 0.2) is 0 Å². The number of nitrogens with zero attached hydrogens (tertiary/aromatic N) is 1. The quantitative estimate of drug-likeness (QED) is 0.871. The van der Waals surface area contributed by atoms with E-state index in [4.69, 9.17) is 16.7 Å². The number of aromatic nitrogens is 1. The van der Waals surface area contributed by atoms with Crippen molar-refractivity contribution in [2.24, 2.45) is 0 Å². The minimum Gasteiger partial charge on any atom is -0.392 e. The summed E-state index contributed by atoms with van der Waals surface area (Å²) in [6.07, 6.45) is 3.07. The van der Waals surface area contributed by atoms with E-state index in [0.717, 1.165) is 0 Å². The lowest BCUT2D eigenvalue weighted by Crippen LogP contribution is -1.93. The molecule has 2 aromatic rings. The largest absolute Gasteiger partial charge is 0.392 e. The molecule has 0 atom stereocenters. The predicted octanol–water partition coefficient (Wildman–Crippen LogP) is 3.03. The van der Waals surface area contributed by atoms with Crippen molar-refractivity contribution in [1.29, 1.82) is 0 Å². The Hall–Kier alpha value is -1.45. The van der Waals surface area contributed by atoms with Gasteiger partial charge >= 0.3 is 0 Å². The molecule has 0 unspecified atom stereocenters. The minimum absolute atomic E-state index is 0.0604. The molecule has 0 bridgehead atoms. The van der Waals surface area contributed by atoms with E-state index >= 15 is 0 Å². The predicted molar refractivity (Wildman–Crippen MR) is 60.6 cm³/mol. The molecule has 1 aromatic heterocycles. The van der Waals surface area contributed by atoms with Crippen LogP contribution in [-0.2, 0) is 6.61 Å². The number of hydrogen-bond acceptors (Lipinski definition) is 2. The molecule has 0 saturated carbocycles. The van der Waals surface area contributed by atoms with Gasteiger partial charge in [-0.25, -0.2) is 4.39 Å². The van der Waals surface area contributed by atoms with Gasteiger partial charge in [-0.05, 0) is 17.7 Å². The summed E-state index contributed by atoms with van der Waals surface area (Å²) in [7, 11) is 0. The Balaban J connectivity index is 2.63. The molecule has 0 amide bonds. The SMILES string of the molecule is OCc1ccncc1-c1cccc(Cl)c1F. The van der Waals surface area contributed by atoms with Crippen LogP contribution >= 0.6 is 11.6 Å². The second-order valence-electron chi connectivity index (χ2n) is 3.29. The van der Waals surface area contributed by atoms with E-state index in [-0.39, 0.29) is 11.6 Å². The maximum atomic E-state index is 13.8. The van der Waals surface area contributed by atoms with Crippen LogP contribution in [0.2, 0.25) is 5.02 Å². The van der Waals surface area contributed by atoms with Gasteiger partial charge in [-0.2, -0.15) is 0 Å². The molecule has 4 heteroatoms. The fourth-order valence-electron chi connectivity index (χ4n) is 1.52. The normalized spacial score (nSPS) is 10.4. The van der Waals surface area contributed by atoms with Crippen LogP contribution < -0.4 is 0 Å². The lowest BCUT2D eigenvalue weighted by atomic mass is 10.0. The average molecular weight is 238 g/mol. The molecule has 0 fully saturated rings. The van der Waals surface area contributed by atoms with E-state index in [1.54, 1.807) is 24.4 Å². The van der Waals surface area contributed by atoms with Crippen molar-refractivity contribution in [2.75, 3.05) is 0 Å². The van der Waals surface area contributed by atoms with Crippen LogP contribution in [0.4, 0.5) is 4.39 Å². The fourth-order valence-corrected chi connectivity index (χ4v) is 1.69. The van der Waals surface area contributed by atoms with Gasteiger partial charge in [0.1, 0.15) is 5.82 Å². The third-order valence-corrected chi connectivity index (χ3v) is 2.62. The molecule has 16 heavy (non-hydrogen) atoms. The lowest BCUT2D eigenvalue weighted by molar-refractivity contribution is 0.282. The first kappa shape index (κ1) is 11.0. The molecule has 0 saturated heterocycles. The van der Waals surface area contributed by atoms with Crippen molar-refractivity contribution in [1.82, 2.24) is 4.98 Å². The van der Waals surface area contributed by atoms with E-state index in [9.17, 15) is 4.39 Å². The molecule has 1 N–H and O–H groups in total. The third-order valence-electron chi connectivity index (χ3n) is 2.32. The van der Waals surface area contributed by atoms with Crippen molar-refractivity contribution in [3.05, 3.63) is 53.1 Å². The summed E-state index contributed by atoms with van der Waals surface area (Å²) in [4.78, 5) is 3.92. The first-order valence-electron chi connectivity index (χ1n) is 4.72. The van der Waals surface area contributed by atoms with Crippen molar-refractivity contribution >= 4 is 11.6 Å². The van der Waals surface area contributed by atoms with Gasteiger partial charge in [0, 0.05) is 23.5 Å². The Kier molecular flexibility index (Phi) is 3.17. The van der Waals surface area contributed by atoms with E-state index < -0.39 is 5.82 Å². The van der Waals surface area contributed by atoms with Crippen LogP contribution in [0.15, 0.2) is 36.7 Å². The third kappa shape index (κ3) is 1.92. The maximum absolute atomic E-state index is 13.8. The van der Waals surface area contributed by atoms with Crippen LogP contribution in [0.3, 0.4) is 0 Å². The highest BCUT2D eigenvalue weighted by molar-refractivity contribution is 6.31. The van der Waals surface area contributed by atoms with E-state index in [1.165, 1.54) is 12.3 Å². The van der Waals surface area contributed by atoms with Crippen LogP contribution in [0.5, 0.6) is 0 Å². The summed E-state index contributed by atoms with van der Waals surface area (Å²) in [5.41, 5.74) is 1.53. The standard InChI is InChI=1S/C12H9ClFNO/c13-11-3-1-2-9(12(11)14)10-6-15-5-4-8(10)7-16/h1-6,16H,7H2. The van der Waals surface area contributed by atoms with Gasteiger partial charge in [0.05, 0.1) is 11.6 Å². The number of benzene rings is 1. The summed E-state index contributed by atoms with van der Waals surface area (Å²) < 4.78 is 13.8. The number of rotatable bonds is 2. The van der Waals surface area contributed by atoms with Gasteiger partial charge < -0.3 is 5.11 Å². The molecule has 1 aromatic carbocycles. The minimum atomic E-state index is -0.494. The molecular weight excluding hydrogens is 229 g/mol. The fraction of sp³-hybridized carbons (Fsp3) is 0.0833. The van der Waals surface area contributed by atoms with E-state index in [2.05, 4.69) is 4.98 Å². The Labute approximate surface area is 97.3 Å². The van der Waals surface area contributed by atoms with Gasteiger partial charge in [-0.3, -0.25) is 4.98 Å². The van der Waals surface area contributed by atoms with Crippen molar-refractivity contribution in [3.63, 3.8) is 0 Å². The molecule has 0 aliphatic carbocycles. The van der Waals surface area contributed by atoms with Crippen LogP contribution in [0.25, 0.3) is 11.1 Å². The molecule has 0 radical (unpaired) electrons. The van der Waals surface area contributed by atoms with Crippen molar-refractivity contribution in [2.45, 2.75) is 6.61 Å². The van der Waals surface area contributed by atoms with Crippen LogP contribution in [-0.4, -0.2) is 10.1 Å². The Bertz CT molecular complexity index is 516. The zero-order valence-electron chi connectivity index (χ0n) is 8.32. The van der Waals surface area contributed by atoms with Crippen molar-refractivity contribution in [3.8, 4) is 11.1 Å². The van der Waals surface area contributed by atoms with Crippen molar-refractivity contribution < 1.29 is 9.50 Å². The molecule has 82 valence electrons. The summed E-state index contributed by atoms with van der Waals surface area (Å²) in [6, 6.07) is 6.40. The Morgan fingerprint density at radius 2 is 2.06 bits per heavy atom. The molecule has 1 heterocycles. The molecular formula is C12H9ClFNO. The highest BCUT2D eigenvalue weighted by Crippen LogP contribution is 2.29. The number of halogens is 2. The zero-order valence-corrected chi connectivity index (χ0v) is 9.08. The molecule has 0 spiro atoms. The van der Waals surface area contributed by atoms with Crippen LogP contribution in [0, 0.1) is 5.82 Å². The lowest BCUT2D eigenvalue weighted by Gasteiger charge is -2.08. The van der Waals surface area contributed by atoms with Gasteiger partial charge in [-0.15, -0.1) is 0 Å². The number of aliphatic hydroxyl groups is 1. The smallest absolute Gasteiger partial charge is 0.149 e. The molecule has 2 nitrogen and oxygen atoms in total. The summed E-state index contributed by atoms with van der Waals surface area (Å²) >= 11 is 5.70. The monoisotopic (exact) mass is 237 g/mol. The van der Waals surface area contributed by atoms with E-state index in [0.29, 0.717) is 16.7 Å².